The summed E-state index contributed by atoms with van der Waals surface area (Å²) in [6.07, 6.45) is 5.19. The van der Waals surface area contributed by atoms with Crippen molar-refractivity contribution >= 4 is 17.7 Å². The van der Waals surface area contributed by atoms with Crippen molar-refractivity contribution in [2.75, 3.05) is 5.32 Å². The van der Waals surface area contributed by atoms with Crippen LogP contribution < -0.4 is 5.32 Å². The maximum Gasteiger partial charge on any atom is 0.255 e. The number of carbonyl (C=O) groups excluding carboxylic acids is 1. The first-order valence-corrected chi connectivity index (χ1v) is 9.71. The number of carbonyl (C=O) groups is 1. The lowest BCUT2D eigenvalue weighted by atomic mass is 9.95. The van der Waals surface area contributed by atoms with Gasteiger partial charge in [0, 0.05) is 11.3 Å². The number of hydrogen-bond acceptors (Lipinski definition) is 1. The molecule has 1 amide bonds. The Morgan fingerprint density at radius 2 is 1.61 bits per heavy atom. The summed E-state index contributed by atoms with van der Waals surface area (Å²) in [5.74, 6) is -0.0817. The maximum atomic E-state index is 12.6. The van der Waals surface area contributed by atoms with Crippen molar-refractivity contribution in [3.05, 3.63) is 95.1 Å². The normalized spacial score (nSPS) is 12.7. The van der Waals surface area contributed by atoms with Gasteiger partial charge >= 0.3 is 0 Å². The van der Waals surface area contributed by atoms with Gasteiger partial charge in [0.25, 0.3) is 5.91 Å². The molecule has 28 heavy (non-hydrogen) atoms. The molecule has 0 fully saturated rings. The van der Waals surface area contributed by atoms with Crippen LogP contribution in [-0.4, -0.2) is 5.91 Å². The molecule has 1 aliphatic carbocycles. The first-order chi connectivity index (χ1) is 13.4. The van der Waals surface area contributed by atoms with Crippen molar-refractivity contribution in [2.45, 2.75) is 27.2 Å². The average molecular weight is 367 g/mol. The maximum absolute atomic E-state index is 12.6. The van der Waals surface area contributed by atoms with Crippen molar-refractivity contribution in [3.63, 3.8) is 0 Å². The van der Waals surface area contributed by atoms with Gasteiger partial charge in [0.15, 0.2) is 0 Å². The number of benzene rings is 3. The summed E-state index contributed by atoms with van der Waals surface area (Å²) in [6, 6.07) is 22.4. The molecule has 0 atom stereocenters. The van der Waals surface area contributed by atoms with E-state index in [1.54, 1.807) is 0 Å². The Bertz CT molecular complexity index is 1050. The fraction of sp³-hybridized carbons (Fsp3) is 0.192. The molecule has 1 N–H and O–H groups in total. The van der Waals surface area contributed by atoms with Gasteiger partial charge in [-0.15, -0.1) is 0 Å². The number of anilines is 1. The molecule has 1 aliphatic rings. The minimum Gasteiger partial charge on any atom is -0.322 e. The van der Waals surface area contributed by atoms with E-state index in [2.05, 4.69) is 74.6 Å². The van der Waals surface area contributed by atoms with E-state index in [0.717, 1.165) is 17.7 Å². The van der Waals surface area contributed by atoms with Gasteiger partial charge in [0.1, 0.15) is 0 Å². The monoisotopic (exact) mass is 367 g/mol. The van der Waals surface area contributed by atoms with Crippen LogP contribution in [0.3, 0.4) is 0 Å². The molecular formula is C26H25NO. The molecule has 3 aromatic rings. The number of amides is 1. The Labute approximate surface area is 166 Å². The van der Waals surface area contributed by atoms with E-state index in [4.69, 9.17) is 0 Å². The van der Waals surface area contributed by atoms with Gasteiger partial charge < -0.3 is 5.32 Å². The molecule has 140 valence electrons. The molecule has 0 saturated carbocycles. The highest BCUT2D eigenvalue weighted by Gasteiger charge is 2.18. The smallest absolute Gasteiger partial charge is 0.255 e. The lowest BCUT2D eigenvalue weighted by molar-refractivity contribution is 0.102. The fourth-order valence-electron chi connectivity index (χ4n) is 3.52. The SMILES string of the molecule is CC(C)(C)C=Cc1ccc(C(=O)Nc2ccc3c(c2)Cc2ccccc2-3)cc1. The van der Waals surface area contributed by atoms with Crippen LogP contribution in [0.2, 0.25) is 0 Å². The highest BCUT2D eigenvalue weighted by Crippen LogP contribution is 2.37. The zero-order chi connectivity index (χ0) is 19.7. The van der Waals surface area contributed by atoms with Gasteiger partial charge in [-0.25, -0.2) is 0 Å². The second-order valence-electron chi connectivity index (χ2n) is 8.48. The molecular weight excluding hydrogens is 342 g/mol. The highest BCUT2D eigenvalue weighted by molar-refractivity contribution is 6.04. The van der Waals surface area contributed by atoms with Gasteiger partial charge in [-0.05, 0) is 63.9 Å². The predicted molar refractivity (Wildman–Crippen MR) is 118 cm³/mol. The third kappa shape index (κ3) is 3.91. The molecule has 2 heteroatoms. The van der Waals surface area contributed by atoms with Crippen molar-refractivity contribution < 1.29 is 4.79 Å². The zero-order valence-electron chi connectivity index (χ0n) is 16.6. The summed E-state index contributed by atoms with van der Waals surface area (Å²) in [5, 5.41) is 3.03. The van der Waals surface area contributed by atoms with Crippen molar-refractivity contribution in [2.24, 2.45) is 5.41 Å². The molecule has 4 rings (SSSR count). The molecule has 0 radical (unpaired) electrons. The Balaban J connectivity index is 1.47. The average Bonchev–Trinajstić information content (AvgIpc) is 3.04. The molecule has 0 heterocycles. The van der Waals surface area contributed by atoms with Gasteiger partial charge in [-0.1, -0.05) is 75.4 Å². The van der Waals surface area contributed by atoms with E-state index in [0.29, 0.717) is 5.56 Å². The van der Waals surface area contributed by atoms with Crippen molar-refractivity contribution in [1.82, 2.24) is 0 Å². The van der Waals surface area contributed by atoms with E-state index >= 15 is 0 Å². The van der Waals surface area contributed by atoms with Crippen LogP contribution in [0.1, 0.15) is 47.8 Å². The Kier molecular flexibility index (Phi) is 4.64. The number of nitrogens with one attached hydrogen (secondary N) is 1. The molecule has 3 aromatic carbocycles. The third-order valence-electron chi connectivity index (χ3n) is 5.00. The highest BCUT2D eigenvalue weighted by atomic mass is 16.1. The largest absolute Gasteiger partial charge is 0.322 e. The van der Waals surface area contributed by atoms with E-state index in [1.807, 2.05) is 30.3 Å². The summed E-state index contributed by atoms with van der Waals surface area (Å²) in [6.45, 7) is 6.50. The summed E-state index contributed by atoms with van der Waals surface area (Å²) in [7, 11) is 0. The van der Waals surface area contributed by atoms with E-state index in [9.17, 15) is 4.79 Å². The van der Waals surface area contributed by atoms with Crippen LogP contribution in [0.15, 0.2) is 72.8 Å². The van der Waals surface area contributed by atoms with Gasteiger partial charge in [-0.2, -0.15) is 0 Å². The van der Waals surface area contributed by atoms with E-state index in [-0.39, 0.29) is 11.3 Å². The zero-order valence-corrected chi connectivity index (χ0v) is 16.6. The van der Waals surface area contributed by atoms with Crippen molar-refractivity contribution in [1.29, 1.82) is 0 Å². The molecule has 0 aliphatic heterocycles. The van der Waals surface area contributed by atoms with E-state index in [1.165, 1.54) is 22.3 Å². The number of fused-ring (bicyclic) bond motifs is 3. The molecule has 0 saturated heterocycles. The Morgan fingerprint density at radius 3 is 2.36 bits per heavy atom. The Morgan fingerprint density at radius 1 is 0.893 bits per heavy atom. The predicted octanol–water partition coefficient (Wildman–Crippen LogP) is 6.57. The van der Waals surface area contributed by atoms with Crippen LogP contribution in [0, 0.1) is 5.41 Å². The van der Waals surface area contributed by atoms with Crippen LogP contribution in [-0.2, 0) is 6.42 Å². The van der Waals surface area contributed by atoms with Crippen molar-refractivity contribution in [3.8, 4) is 11.1 Å². The van der Waals surface area contributed by atoms with Crippen LogP contribution in [0.25, 0.3) is 17.2 Å². The van der Waals surface area contributed by atoms with Crippen LogP contribution in [0.4, 0.5) is 5.69 Å². The van der Waals surface area contributed by atoms with Crippen LogP contribution in [0.5, 0.6) is 0 Å². The molecule has 0 bridgehead atoms. The topological polar surface area (TPSA) is 29.1 Å². The first kappa shape index (κ1) is 18.2. The van der Waals surface area contributed by atoms with Crippen LogP contribution >= 0.6 is 0 Å². The third-order valence-corrected chi connectivity index (χ3v) is 5.00. The summed E-state index contributed by atoms with van der Waals surface area (Å²) < 4.78 is 0. The molecule has 0 spiro atoms. The van der Waals surface area contributed by atoms with Gasteiger partial charge in [0.2, 0.25) is 0 Å². The number of rotatable bonds is 3. The number of allylic oxidation sites excluding steroid dienone is 1. The second kappa shape index (κ2) is 7.12. The summed E-state index contributed by atoms with van der Waals surface area (Å²) in [5.41, 5.74) is 7.93. The first-order valence-electron chi connectivity index (χ1n) is 9.71. The lowest BCUT2D eigenvalue weighted by Gasteiger charge is -2.11. The Hall–Kier alpha value is -3.13. The number of hydrogen-bond donors (Lipinski definition) is 1. The van der Waals surface area contributed by atoms with E-state index < -0.39 is 0 Å². The second-order valence-corrected chi connectivity index (χ2v) is 8.48. The summed E-state index contributed by atoms with van der Waals surface area (Å²) >= 11 is 0. The minimum atomic E-state index is -0.0817. The standard InChI is InChI=1S/C26H25NO/c1-26(2,3)15-14-18-8-10-19(11-9-18)25(28)27-22-12-13-24-21(17-22)16-20-6-4-5-7-23(20)24/h4-15,17H,16H2,1-3H3,(H,27,28). The molecule has 2 nitrogen and oxygen atoms in total. The quantitative estimate of drug-likeness (QED) is 0.436. The van der Waals surface area contributed by atoms with Gasteiger partial charge in [0.05, 0.1) is 0 Å². The van der Waals surface area contributed by atoms with Gasteiger partial charge in [-0.3, -0.25) is 4.79 Å². The lowest BCUT2D eigenvalue weighted by Crippen LogP contribution is -2.11. The fourth-order valence-corrected chi connectivity index (χ4v) is 3.52. The summed E-state index contributed by atoms with van der Waals surface area (Å²) in [4.78, 5) is 12.6. The minimum absolute atomic E-state index is 0.0817. The molecule has 0 aromatic heterocycles. The molecule has 0 unspecified atom stereocenters.